The second kappa shape index (κ2) is 8.54. The Bertz CT molecular complexity index is 628. The quantitative estimate of drug-likeness (QED) is 0.276. The van der Waals surface area contributed by atoms with Crippen molar-refractivity contribution in [1.82, 2.24) is 4.90 Å². The van der Waals surface area contributed by atoms with Gasteiger partial charge in [-0.15, -0.1) is 4.90 Å². The van der Waals surface area contributed by atoms with Gasteiger partial charge in [0.2, 0.25) is 0 Å². The van der Waals surface area contributed by atoms with E-state index in [1.165, 1.54) is 0 Å². The number of carbonyl (C=O) groups excluding carboxylic acids is 1. The average molecular weight is 535 g/mol. The number of carboxylic acids is 1. The largest absolute Gasteiger partial charge is 1.00 e. The fourth-order valence-electron chi connectivity index (χ4n) is 1.41. The van der Waals surface area contributed by atoms with Gasteiger partial charge in [0, 0.05) is 0 Å². The molecule has 31 heavy (non-hydrogen) atoms. The van der Waals surface area contributed by atoms with Gasteiger partial charge in [0.05, 0.1) is 0 Å². The third-order valence-corrected chi connectivity index (χ3v) is 2.94. The summed E-state index contributed by atoms with van der Waals surface area (Å²) >= 11 is 0. The van der Waals surface area contributed by atoms with Gasteiger partial charge in [0.1, 0.15) is 5.97 Å². The first-order chi connectivity index (χ1) is 12.6. The Hall–Kier alpha value is -0.194. The van der Waals surface area contributed by atoms with E-state index in [1.54, 1.807) is 0 Å². The van der Waals surface area contributed by atoms with E-state index in [1.807, 2.05) is 0 Å². The summed E-state index contributed by atoms with van der Waals surface area (Å²) < 4.78 is 229. The van der Waals surface area contributed by atoms with E-state index in [0.29, 0.717) is 0 Å². The number of nitrogens with zero attached hydrogens (tertiary/aromatic N) is 1. The van der Waals surface area contributed by atoms with Crippen LogP contribution in [0.15, 0.2) is 0 Å². The number of carboxylic acid groups (broad SMARTS) is 1. The molecule has 0 unspecified atom stereocenters. The molecule has 0 fully saturated rings. The molecule has 0 rings (SSSR count). The first-order valence-corrected chi connectivity index (χ1v) is 5.98. The van der Waals surface area contributed by atoms with Gasteiger partial charge in [0.15, 0.2) is 0 Å². The van der Waals surface area contributed by atoms with Crippen LogP contribution < -0.4 is 56.5 Å². The summed E-state index contributed by atoms with van der Waals surface area (Å²) in [6, 6.07) is -26.0. The molecule has 0 aromatic carbocycles. The minimum absolute atomic E-state index is 0. The van der Waals surface area contributed by atoms with E-state index >= 15 is 0 Å². The molecule has 3 nitrogen and oxygen atoms in total. The smallest absolute Gasteiger partial charge is 0.544 e. The number of rotatable bonds is 7. The Kier molecular flexibility index (Phi) is 9.09. The number of alkyl halides is 18. The Morgan fingerprint density at radius 1 is 0.516 bits per heavy atom. The van der Waals surface area contributed by atoms with Crippen molar-refractivity contribution in [3.8, 4) is 0 Å². The Labute approximate surface area is 198 Å². The molecule has 0 aromatic rings. The molecule has 180 valence electrons. The van der Waals surface area contributed by atoms with E-state index in [-0.39, 0.29) is 51.4 Å². The maximum atomic E-state index is 13.3. The maximum absolute atomic E-state index is 13.3. The van der Waals surface area contributed by atoms with Gasteiger partial charge in [-0.3, -0.25) is 0 Å². The van der Waals surface area contributed by atoms with E-state index in [4.69, 9.17) is 0 Å². The summed E-state index contributed by atoms with van der Waals surface area (Å²) in [6.45, 7) is 0. The summed E-state index contributed by atoms with van der Waals surface area (Å²) in [4.78, 5) is 4.68. The zero-order valence-electron chi connectivity index (χ0n) is 13.6. The van der Waals surface area contributed by atoms with Crippen molar-refractivity contribution in [3.63, 3.8) is 0 Å². The Morgan fingerprint density at radius 3 is 0.903 bits per heavy atom. The summed E-state index contributed by atoms with van der Waals surface area (Å²) in [5.41, 5.74) is 0. The molecular weight excluding hydrogens is 535 g/mol. The fourth-order valence-corrected chi connectivity index (χ4v) is 1.41. The Morgan fingerprint density at radius 2 is 0.742 bits per heavy atom. The molecule has 0 spiro atoms. The van der Waals surface area contributed by atoms with Crippen molar-refractivity contribution >= 4 is 5.97 Å². The number of carbonyl (C=O) groups is 1. The van der Waals surface area contributed by atoms with Crippen molar-refractivity contribution in [3.05, 3.63) is 0 Å². The summed E-state index contributed by atoms with van der Waals surface area (Å²) in [5, 5.41) is 9.84. The third-order valence-electron chi connectivity index (χ3n) is 2.94. The molecule has 0 saturated carbocycles. The normalized spacial score (nSPS) is 15.7. The van der Waals surface area contributed by atoms with Gasteiger partial charge in [-0.2, -0.15) is 79.0 Å². The molecule has 0 aliphatic rings. The van der Waals surface area contributed by atoms with E-state index in [9.17, 15) is 88.9 Å². The Balaban J connectivity index is 0. The van der Waals surface area contributed by atoms with Crippen LogP contribution in [-0.2, 0) is 4.79 Å². The topological polar surface area (TPSA) is 43.4 Å². The van der Waals surface area contributed by atoms with E-state index in [2.05, 4.69) is 0 Å². The molecular formula is C9F18KNO2. The van der Waals surface area contributed by atoms with Crippen molar-refractivity contribution in [2.75, 3.05) is 0 Å². The van der Waals surface area contributed by atoms with Crippen molar-refractivity contribution < 1.29 is 140 Å². The minimum atomic E-state index is -8.74. The van der Waals surface area contributed by atoms with E-state index < -0.39 is 59.1 Å². The van der Waals surface area contributed by atoms with E-state index in [0.717, 1.165) is 0 Å². The zero-order chi connectivity index (χ0) is 25.2. The first-order valence-electron chi connectivity index (χ1n) is 5.98. The van der Waals surface area contributed by atoms with Crippen LogP contribution in [0.1, 0.15) is 0 Å². The molecule has 0 N–H and O–H groups in total. The second-order valence-corrected chi connectivity index (χ2v) is 4.97. The maximum Gasteiger partial charge on any atom is 1.00 e. The number of hydrogen-bond donors (Lipinski definition) is 0. The van der Waals surface area contributed by atoms with Crippen LogP contribution >= 0.6 is 0 Å². The average Bonchev–Trinajstić information content (AvgIpc) is 2.42. The van der Waals surface area contributed by atoms with Gasteiger partial charge in [-0.1, -0.05) is 0 Å². The standard InChI is InChI=1S/C9HF18NO2.K/c10-2(11,1(29)30)7(22,23)28(8(24,25)3(12,13)5(16,17)18)9(26,27)4(14,15)6(19,20)21;/h(H,29,30);/q;+1/p-1. The van der Waals surface area contributed by atoms with Crippen LogP contribution in [0.4, 0.5) is 79.0 Å². The number of aliphatic carboxylic acids is 1. The predicted molar refractivity (Wildman–Crippen MR) is 48.6 cm³/mol. The van der Waals surface area contributed by atoms with Crippen LogP contribution in [0.3, 0.4) is 0 Å². The fraction of sp³-hybridized carbons (Fsp3) is 0.889. The van der Waals surface area contributed by atoms with Crippen molar-refractivity contribution in [2.45, 2.75) is 48.3 Å². The predicted octanol–water partition coefficient (Wildman–Crippen LogP) is 0.851. The molecule has 0 atom stereocenters. The zero-order valence-corrected chi connectivity index (χ0v) is 16.7. The van der Waals surface area contributed by atoms with Gasteiger partial charge in [-0.25, -0.2) is 0 Å². The molecule has 0 radical (unpaired) electrons. The summed E-state index contributed by atoms with van der Waals surface area (Å²) in [7, 11) is 0. The van der Waals surface area contributed by atoms with Crippen LogP contribution in [0.5, 0.6) is 0 Å². The van der Waals surface area contributed by atoms with Crippen LogP contribution in [0, 0.1) is 0 Å². The van der Waals surface area contributed by atoms with Crippen molar-refractivity contribution in [1.29, 1.82) is 0 Å². The SMILES string of the molecule is O=C([O-])C(F)(F)C(F)(F)N(C(F)(F)C(F)(F)C(F)(F)F)C(F)(F)C(F)(F)C(F)(F)F.[K+]. The number of hydrogen-bond acceptors (Lipinski definition) is 3. The molecule has 0 aliphatic carbocycles. The molecule has 0 heterocycles. The molecule has 0 amide bonds. The third kappa shape index (κ3) is 4.87. The monoisotopic (exact) mass is 535 g/mol. The van der Waals surface area contributed by atoms with Gasteiger partial charge < -0.3 is 9.90 Å². The van der Waals surface area contributed by atoms with Gasteiger partial charge in [0.25, 0.3) is 0 Å². The summed E-state index contributed by atoms with van der Waals surface area (Å²) in [5.74, 6) is -29.5. The number of halogens is 18. The molecule has 0 aliphatic heterocycles. The molecule has 22 heteroatoms. The summed E-state index contributed by atoms with van der Waals surface area (Å²) in [6.07, 6.45) is -16.0. The van der Waals surface area contributed by atoms with Crippen molar-refractivity contribution in [2.24, 2.45) is 0 Å². The van der Waals surface area contributed by atoms with Crippen LogP contribution in [0.2, 0.25) is 0 Å². The second-order valence-electron chi connectivity index (χ2n) is 4.97. The first kappa shape index (κ1) is 33.0. The minimum Gasteiger partial charge on any atom is -0.544 e. The molecule has 0 aromatic heterocycles. The molecule has 0 saturated heterocycles. The van der Waals surface area contributed by atoms with Gasteiger partial charge >= 0.3 is 99.6 Å². The van der Waals surface area contributed by atoms with Crippen LogP contribution in [0.25, 0.3) is 0 Å². The van der Waals surface area contributed by atoms with Gasteiger partial charge in [-0.05, 0) is 0 Å². The van der Waals surface area contributed by atoms with Crippen LogP contribution in [-0.4, -0.2) is 59.1 Å². The molecule has 0 bridgehead atoms.